The van der Waals surface area contributed by atoms with E-state index in [9.17, 15) is 0 Å². The molecular formula is C13H17NSi. The van der Waals surface area contributed by atoms with Crippen LogP contribution in [0.3, 0.4) is 0 Å². The zero-order valence-electron chi connectivity index (χ0n) is 9.59. The van der Waals surface area contributed by atoms with Crippen LogP contribution in [0.4, 0.5) is 5.69 Å². The van der Waals surface area contributed by atoms with Crippen molar-refractivity contribution in [3.63, 3.8) is 0 Å². The predicted octanol–water partition coefficient (Wildman–Crippen LogP) is 1.22. The summed E-state index contributed by atoms with van der Waals surface area (Å²) in [7, 11) is 1.02. The van der Waals surface area contributed by atoms with Crippen LogP contribution in [0.25, 0.3) is 5.57 Å². The molecular weight excluding hydrogens is 198 g/mol. The maximum atomic E-state index is 6.20. The SMILES string of the molecule is Cc1cc([SiH3])c(N)c(C2=CC=CC2)c1C. The second-order valence-electron chi connectivity index (χ2n) is 4.25. The number of anilines is 1. The summed E-state index contributed by atoms with van der Waals surface area (Å²) in [6.45, 7) is 4.34. The lowest BCUT2D eigenvalue weighted by Gasteiger charge is -2.15. The Bertz CT molecular complexity index is 444. The lowest BCUT2D eigenvalue weighted by atomic mass is 9.94. The van der Waals surface area contributed by atoms with Crippen molar-refractivity contribution in [1.29, 1.82) is 0 Å². The van der Waals surface area contributed by atoms with Crippen molar-refractivity contribution in [2.45, 2.75) is 20.3 Å². The Balaban J connectivity index is 2.64. The van der Waals surface area contributed by atoms with E-state index in [1.54, 1.807) is 0 Å². The Labute approximate surface area is 94.1 Å². The van der Waals surface area contributed by atoms with E-state index in [2.05, 4.69) is 38.1 Å². The highest BCUT2D eigenvalue weighted by Gasteiger charge is 2.13. The number of nitrogen functional groups attached to an aromatic ring is 1. The van der Waals surface area contributed by atoms with E-state index in [-0.39, 0.29) is 0 Å². The maximum absolute atomic E-state index is 6.20. The summed E-state index contributed by atoms with van der Waals surface area (Å²) in [4.78, 5) is 0. The fourth-order valence-electron chi connectivity index (χ4n) is 2.15. The van der Waals surface area contributed by atoms with Crippen LogP contribution in [0.15, 0.2) is 24.3 Å². The Kier molecular flexibility index (Phi) is 2.53. The monoisotopic (exact) mass is 215 g/mol. The fourth-order valence-corrected chi connectivity index (χ4v) is 2.84. The topological polar surface area (TPSA) is 26.0 Å². The van der Waals surface area contributed by atoms with Crippen molar-refractivity contribution in [3.8, 4) is 0 Å². The lowest BCUT2D eigenvalue weighted by molar-refractivity contribution is 1.30. The molecule has 0 saturated heterocycles. The van der Waals surface area contributed by atoms with Gasteiger partial charge in [-0.1, -0.05) is 24.3 Å². The first-order chi connectivity index (χ1) is 7.11. The highest BCUT2D eigenvalue weighted by Crippen LogP contribution is 2.31. The normalized spacial score (nSPS) is 14.7. The van der Waals surface area contributed by atoms with Crippen molar-refractivity contribution < 1.29 is 0 Å². The molecule has 0 radical (unpaired) electrons. The third kappa shape index (κ3) is 1.65. The first-order valence-electron chi connectivity index (χ1n) is 5.33. The van der Waals surface area contributed by atoms with Crippen molar-refractivity contribution in [2.75, 3.05) is 5.73 Å². The number of nitrogens with two attached hydrogens (primary N) is 1. The van der Waals surface area contributed by atoms with Gasteiger partial charge in [-0.25, -0.2) is 0 Å². The molecule has 0 bridgehead atoms. The van der Waals surface area contributed by atoms with Gasteiger partial charge >= 0.3 is 0 Å². The van der Waals surface area contributed by atoms with Gasteiger partial charge in [-0.2, -0.15) is 0 Å². The van der Waals surface area contributed by atoms with Gasteiger partial charge in [-0.3, -0.25) is 0 Å². The summed E-state index contributed by atoms with van der Waals surface area (Å²) in [6.07, 6.45) is 7.50. The second kappa shape index (κ2) is 3.70. The van der Waals surface area contributed by atoms with Crippen LogP contribution in [0.5, 0.6) is 0 Å². The average Bonchev–Trinajstić information content (AvgIpc) is 2.69. The minimum absolute atomic E-state index is 1.000. The van der Waals surface area contributed by atoms with Crippen LogP contribution < -0.4 is 10.9 Å². The van der Waals surface area contributed by atoms with Crippen LogP contribution >= 0.6 is 0 Å². The molecule has 1 aliphatic rings. The molecule has 1 aromatic carbocycles. The molecule has 0 spiro atoms. The first kappa shape index (κ1) is 10.2. The van der Waals surface area contributed by atoms with Crippen molar-refractivity contribution in [3.05, 3.63) is 41.0 Å². The van der Waals surface area contributed by atoms with Gasteiger partial charge < -0.3 is 5.73 Å². The molecule has 0 aromatic heterocycles. The molecule has 2 heteroatoms. The number of allylic oxidation sites excluding steroid dienone is 4. The summed E-state index contributed by atoms with van der Waals surface area (Å²) >= 11 is 0. The molecule has 0 amide bonds. The summed E-state index contributed by atoms with van der Waals surface area (Å²) in [5, 5.41) is 1.32. The molecule has 15 heavy (non-hydrogen) atoms. The quantitative estimate of drug-likeness (QED) is 0.553. The standard InChI is InChI=1S/C13H17NSi/c1-8-7-11(15)13(14)12(9(8)2)10-5-3-4-6-10/h3-5,7H,6,14H2,1-2,15H3. The maximum Gasteiger partial charge on any atom is 0.0412 e. The van der Waals surface area contributed by atoms with Gasteiger partial charge in [0, 0.05) is 21.5 Å². The number of hydrogen-bond donors (Lipinski definition) is 1. The van der Waals surface area contributed by atoms with Crippen LogP contribution in [-0.2, 0) is 0 Å². The molecule has 2 rings (SSSR count). The van der Waals surface area contributed by atoms with Crippen LogP contribution in [0, 0.1) is 13.8 Å². The van der Waals surface area contributed by atoms with E-state index in [4.69, 9.17) is 5.73 Å². The van der Waals surface area contributed by atoms with E-state index >= 15 is 0 Å². The Morgan fingerprint density at radius 1 is 1.33 bits per heavy atom. The highest BCUT2D eigenvalue weighted by molar-refractivity contribution is 6.36. The van der Waals surface area contributed by atoms with Gasteiger partial charge in [0.1, 0.15) is 0 Å². The summed E-state index contributed by atoms with van der Waals surface area (Å²) in [5.41, 5.74) is 12.5. The Morgan fingerprint density at radius 3 is 2.67 bits per heavy atom. The minimum Gasteiger partial charge on any atom is -0.398 e. The van der Waals surface area contributed by atoms with Crippen LogP contribution in [0.1, 0.15) is 23.1 Å². The summed E-state index contributed by atoms with van der Waals surface area (Å²) in [5.74, 6) is 0. The number of benzene rings is 1. The van der Waals surface area contributed by atoms with E-state index < -0.39 is 0 Å². The van der Waals surface area contributed by atoms with Gasteiger partial charge in [-0.15, -0.1) is 0 Å². The van der Waals surface area contributed by atoms with Gasteiger partial charge in [-0.05, 0) is 42.2 Å². The third-order valence-electron chi connectivity index (χ3n) is 3.19. The van der Waals surface area contributed by atoms with Gasteiger partial charge in [0.05, 0.1) is 0 Å². The van der Waals surface area contributed by atoms with E-state index in [0.717, 1.165) is 22.4 Å². The molecule has 0 saturated carbocycles. The molecule has 1 nitrogen and oxygen atoms in total. The van der Waals surface area contributed by atoms with Crippen LogP contribution in [-0.4, -0.2) is 10.2 Å². The summed E-state index contributed by atoms with van der Waals surface area (Å²) in [6, 6.07) is 2.23. The second-order valence-corrected chi connectivity index (χ2v) is 5.33. The fraction of sp³-hybridized carbons (Fsp3) is 0.231. The molecule has 1 aliphatic carbocycles. The number of aryl methyl sites for hydroxylation is 1. The van der Waals surface area contributed by atoms with Gasteiger partial charge in [0.15, 0.2) is 0 Å². The largest absolute Gasteiger partial charge is 0.398 e. The average molecular weight is 215 g/mol. The van der Waals surface area contributed by atoms with E-state index in [1.165, 1.54) is 27.5 Å². The zero-order chi connectivity index (χ0) is 11.0. The van der Waals surface area contributed by atoms with Crippen molar-refractivity contribution >= 4 is 26.7 Å². The lowest BCUT2D eigenvalue weighted by Crippen LogP contribution is -2.14. The van der Waals surface area contributed by atoms with Gasteiger partial charge in [0.25, 0.3) is 0 Å². The van der Waals surface area contributed by atoms with Gasteiger partial charge in [0.2, 0.25) is 0 Å². The Morgan fingerprint density at radius 2 is 2.07 bits per heavy atom. The smallest absolute Gasteiger partial charge is 0.0412 e. The van der Waals surface area contributed by atoms with Crippen molar-refractivity contribution in [2.24, 2.45) is 0 Å². The molecule has 0 unspecified atom stereocenters. The number of rotatable bonds is 1. The Hall–Kier alpha value is -1.28. The molecule has 0 heterocycles. The number of hydrogen-bond acceptors (Lipinski definition) is 1. The molecule has 0 atom stereocenters. The van der Waals surface area contributed by atoms with Crippen molar-refractivity contribution in [1.82, 2.24) is 0 Å². The summed E-state index contributed by atoms with van der Waals surface area (Å²) < 4.78 is 0. The first-order valence-corrected chi connectivity index (χ1v) is 6.33. The van der Waals surface area contributed by atoms with E-state index in [0.29, 0.717) is 0 Å². The third-order valence-corrected chi connectivity index (χ3v) is 4.01. The molecule has 1 aromatic rings. The van der Waals surface area contributed by atoms with E-state index in [1.807, 2.05) is 0 Å². The zero-order valence-corrected chi connectivity index (χ0v) is 11.6. The predicted molar refractivity (Wildman–Crippen MR) is 71.6 cm³/mol. The molecule has 2 N–H and O–H groups in total. The molecule has 0 aliphatic heterocycles. The minimum atomic E-state index is 1.000. The molecule has 0 fully saturated rings. The highest BCUT2D eigenvalue weighted by atomic mass is 28.1. The molecule has 78 valence electrons. The van der Waals surface area contributed by atoms with Crippen LogP contribution in [0.2, 0.25) is 0 Å².